The summed E-state index contributed by atoms with van der Waals surface area (Å²) in [6.45, 7) is 2.31. The lowest BCUT2D eigenvalue weighted by atomic mass is 10.1. The predicted octanol–water partition coefficient (Wildman–Crippen LogP) is 4.75. The van der Waals surface area contributed by atoms with E-state index in [1.165, 1.54) is 30.5 Å². The van der Waals surface area contributed by atoms with E-state index in [2.05, 4.69) is 10.6 Å². The van der Waals surface area contributed by atoms with E-state index < -0.39 is 17.6 Å². The molecule has 0 radical (unpaired) electrons. The van der Waals surface area contributed by atoms with Crippen molar-refractivity contribution in [3.63, 3.8) is 0 Å². The molecule has 0 bridgehead atoms. The first-order chi connectivity index (χ1) is 15.4. The molecular weight excluding hydrogens is 413 g/mol. The van der Waals surface area contributed by atoms with Gasteiger partial charge in [0.15, 0.2) is 0 Å². The zero-order chi connectivity index (χ0) is 22.7. The van der Waals surface area contributed by atoms with Crippen LogP contribution in [0.3, 0.4) is 0 Å². The third-order valence-corrected chi connectivity index (χ3v) is 5.34. The van der Waals surface area contributed by atoms with Gasteiger partial charge >= 0.3 is 0 Å². The maximum absolute atomic E-state index is 14.2. The average molecular weight is 435 g/mol. The second-order valence-electron chi connectivity index (χ2n) is 7.54. The van der Waals surface area contributed by atoms with Crippen molar-refractivity contribution in [1.29, 1.82) is 0 Å². The lowest BCUT2D eigenvalue weighted by molar-refractivity contribution is -0.119. The standard InChI is InChI=1S/C24H22FN3O4/c1-15-19(11-13-32-15)24(31)27-21-14-17(7-10-20(21)25)26-23(30)16-5-8-18(9-6-16)28-12-3-2-4-22(28)29/h5-11,13-14H,2-4,12H2,1H3,(H,26,30)(H,27,31). The molecule has 1 saturated heterocycles. The van der Waals surface area contributed by atoms with Crippen LogP contribution in [0.4, 0.5) is 21.5 Å². The molecule has 32 heavy (non-hydrogen) atoms. The fourth-order valence-electron chi connectivity index (χ4n) is 3.58. The highest BCUT2D eigenvalue weighted by molar-refractivity contribution is 6.07. The van der Waals surface area contributed by atoms with Crippen LogP contribution in [0.1, 0.15) is 45.7 Å². The Bertz CT molecular complexity index is 1170. The third-order valence-electron chi connectivity index (χ3n) is 5.34. The number of carbonyl (C=O) groups excluding carboxylic acids is 3. The Morgan fingerprint density at radius 2 is 1.78 bits per heavy atom. The molecule has 0 aliphatic carbocycles. The Labute approximate surface area is 184 Å². The van der Waals surface area contributed by atoms with Crippen LogP contribution in [-0.2, 0) is 4.79 Å². The molecule has 1 fully saturated rings. The molecule has 2 N–H and O–H groups in total. The number of nitrogens with one attached hydrogen (secondary N) is 2. The highest BCUT2D eigenvalue weighted by Gasteiger charge is 2.20. The molecule has 4 rings (SSSR count). The Hall–Kier alpha value is -3.94. The van der Waals surface area contributed by atoms with Crippen LogP contribution in [-0.4, -0.2) is 24.3 Å². The van der Waals surface area contributed by atoms with Crippen molar-refractivity contribution in [2.75, 3.05) is 22.1 Å². The molecule has 2 aromatic carbocycles. The maximum atomic E-state index is 14.2. The third kappa shape index (κ3) is 4.54. The molecule has 0 spiro atoms. The van der Waals surface area contributed by atoms with Gasteiger partial charge in [-0.25, -0.2) is 4.39 Å². The fourth-order valence-corrected chi connectivity index (χ4v) is 3.58. The van der Waals surface area contributed by atoms with Crippen molar-refractivity contribution in [2.24, 2.45) is 0 Å². The number of hydrogen-bond donors (Lipinski definition) is 2. The molecule has 3 amide bonds. The molecule has 0 unspecified atom stereocenters. The van der Waals surface area contributed by atoms with Crippen LogP contribution < -0.4 is 15.5 Å². The smallest absolute Gasteiger partial charge is 0.259 e. The van der Waals surface area contributed by atoms with Crippen molar-refractivity contribution in [1.82, 2.24) is 0 Å². The number of nitrogens with zero attached hydrogens (tertiary/aromatic N) is 1. The number of hydrogen-bond acceptors (Lipinski definition) is 4. The number of benzene rings is 2. The molecule has 2 heterocycles. The summed E-state index contributed by atoms with van der Waals surface area (Å²) in [6.07, 6.45) is 3.77. The van der Waals surface area contributed by atoms with E-state index in [1.54, 1.807) is 36.1 Å². The van der Waals surface area contributed by atoms with Crippen molar-refractivity contribution in [2.45, 2.75) is 26.2 Å². The Balaban J connectivity index is 1.45. The van der Waals surface area contributed by atoms with Gasteiger partial charge < -0.3 is 20.0 Å². The van der Waals surface area contributed by atoms with Crippen LogP contribution in [0.5, 0.6) is 0 Å². The summed E-state index contributed by atoms with van der Waals surface area (Å²) in [5, 5.41) is 5.19. The number of piperidine rings is 1. The first-order valence-corrected chi connectivity index (χ1v) is 10.3. The number of halogens is 1. The summed E-state index contributed by atoms with van der Waals surface area (Å²) in [7, 11) is 0. The van der Waals surface area contributed by atoms with Gasteiger partial charge in [0.1, 0.15) is 11.6 Å². The summed E-state index contributed by atoms with van der Waals surface area (Å²) in [5.41, 5.74) is 1.71. The van der Waals surface area contributed by atoms with Gasteiger partial charge in [-0.15, -0.1) is 0 Å². The SMILES string of the molecule is Cc1occc1C(=O)Nc1cc(NC(=O)c2ccc(N3CCCCC3=O)cc2)ccc1F. The van der Waals surface area contributed by atoms with E-state index in [0.717, 1.165) is 18.5 Å². The largest absolute Gasteiger partial charge is 0.469 e. The number of furan rings is 1. The van der Waals surface area contributed by atoms with Crippen molar-refractivity contribution < 1.29 is 23.2 Å². The van der Waals surface area contributed by atoms with E-state index in [4.69, 9.17) is 4.42 Å². The average Bonchev–Trinajstić information content (AvgIpc) is 3.22. The Morgan fingerprint density at radius 1 is 1.00 bits per heavy atom. The maximum Gasteiger partial charge on any atom is 0.259 e. The molecule has 0 saturated carbocycles. The van der Waals surface area contributed by atoms with E-state index in [9.17, 15) is 18.8 Å². The summed E-state index contributed by atoms with van der Waals surface area (Å²) in [6, 6.07) is 12.2. The van der Waals surface area contributed by atoms with Crippen molar-refractivity contribution in [3.05, 3.63) is 77.5 Å². The van der Waals surface area contributed by atoms with Crippen molar-refractivity contribution >= 4 is 34.8 Å². The molecule has 8 heteroatoms. The number of rotatable bonds is 5. The molecule has 3 aromatic rings. The van der Waals surface area contributed by atoms with Crippen LogP contribution >= 0.6 is 0 Å². The van der Waals surface area contributed by atoms with Gasteiger partial charge in [-0.2, -0.15) is 0 Å². The molecule has 1 aliphatic heterocycles. The van der Waals surface area contributed by atoms with Crippen LogP contribution in [0.2, 0.25) is 0 Å². The number of anilines is 3. The second-order valence-corrected chi connectivity index (χ2v) is 7.54. The summed E-state index contributed by atoms with van der Waals surface area (Å²) in [5.74, 6) is -1.03. The Morgan fingerprint density at radius 3 is 2.47 bits per heavy atom. The molecule has 164 valence electrons. The monoisotopic (exact) mass is 435 g/mol. The minimum Gasteiger partial charge on any atom is -0.469 e. The van der Waals surface area contributed by atoms with Gasteiger partial charge in [0.25, 0.3) is 11.8 Å². The summed E-state index contributed by atoms with van der Waals surface area (Å²) < 4.78 is 19.3. The normalized spacial score (nSPS) is 13.7. The van der Waals surface area contributed by atoms with Crippen LogP contribution in [0.15, 0.2) is 59.2 Å². The van der Waals surface area contributed by atoms with Gasteiger partial charge in [0.2, 0.25) is 5.91 Å². The van der Waals surface area contributed by atoms with Crippen molar-refractivity contribution in [3.8, 4) is 0 Å². The minimum atomic E-state index is -0.631. The highest BCUT2D eigenvalue weighted by Crippen LogP contribution is 2.24. The molecular formula is C24H22FN3O4. The molecule has 0 atom stereocenters. The highest BCUT2D eigenvalue weighted by atomic mass is 19.1. The van der Waals surface area contributed by atoms with Gasteiger partial charge in [-0.05, 0) is 68.3 Å². The van der Waals surface area contributed by atoms with Gasteiger partial charge in [-0.3, -0.25) is 14.4 Å². The fraction of sp³-hybridized carbons (Fsp3) is 0.208. The Kier molecular flexibility index (Phi) is 6.02. The number of amides is 3. The van der Waals surface area contributed by atoms with Gasteiger partial charge in [-0.1, -0.05) is 0 Å². The summed E-state index contributed by atoms with van der Waals surface area (Å²) >= 11 is 0. The van der Waals surface area contributed by atoms with Gasteiger partial charge in [0.05, 0.1) is 17.5 Å². The van der Waals surface area contributed by atoms with Crippen LogP contribution in [0, 0.1) is 12.7 Å². The second kappa shape index (κ2) is 9.05. The minimum absolute atomic E-state index is 0.0626. The molecule has 7 nitrogen and oxygen atoms in total. The van der Waals surface area contributed by atoms with E-state index >= 15 is 0 Å². The van der Waals surface area contributed by atoms with Crippen LogP contribution in [0.25, 0.3) is 0 Å². The first kappa shape index (κ1) is 21.3. The van der Waals surface area contributed by atoms with Gasteiger partial charge in [0, 0.05) is 29.9 Å². The topological polar surface area (TPSA) is 91.7 Å². The zero-order valence-corrected chi connectivity index (χ0v) is 17.5. The van der Waals surface area contributed by atoms with E-state index in [0.29, 0.717) is 35.5 Å². The first-order valence-electron chi connectivity index (χ1n) is 10.3. The zero-order valence-electron chi connectivity index (χ0n) is 17.5. The molecule has 1 aromatic heterocycles. The molecule has 1 aliphatic rings. The van der Waals surface area contributed by atoms with E-state index in [1.807, 2.05) is 0 Å². The lowest BCUT2D eigenvalue weighted by Crippen LogP contribution is -2.35. The quantitative estimate of drug-likeness (QED) is 0.605. The summed E-state index contributed by atoms with van der Waals surface area (Å²) in [4.78, 5) is 38.8. The van der Waals surface area contributed by atoms with E-state index in [-0.39, 0.29) is 11.6 Å². The number of carbonyl (C=O) groups is 3. The predicted molar refractivity (Wildman–Crippen MR) is 118 cm³/mol. The number of aryl methyl sites for hydroxylation is 1. The lowest BCUT2D eigenvalue weighted by Gasteiger charge is -2.26.